The fourth-order valence-electron chi connectivity index (χ4n) is 15.5. The molecular formula is C72H110F4N12O12. The summed E-state index contributed by atoms with van der Waals surface area (Å²) in [5.41, 5.74) is -3.05. The largest absolute Gasteiger partial charge is 0.419 e. The second kappa shape index (κ2) is 34.5. The van der Waals surface area contributed by atoms with Crippen LogP contribution in [0.5, 0.6) is 0 Å². The molecule has 4 saturated heterocycles. The van der Waals surface area contributed by atoms with Crippen LogP contribution in [-0.2, 0) is 70.1 Å². The highest BCUT2D eigenvalue weighted by atomic mass is 19.4. The first-order chi connectivity index (χ1) is 47.1. The molecule has 0 aromatic heterocycles. The molecule has 6 aliphatic rings. The van der Waals surface area contributed by atoms with Crippen LogP contribution >= 0.6 is 0 Å². The lowest BCUT2D eigenvalue weighted by molar-refractivity contribution is -0.160. The third-order valence-corrected chi connectivity index (χ3v) is 22.5. The van der Waals surface area contributed by atoms with Crippen LogP contribution in [0.25, 0.3) is 0 Å². The molecule has 12 amide bonds. The number of nitrogens with one attached hydrogen (secondary N) is 3. The molecule has 1 aromatic rings. The van der Waals surface area contributed by atoms with Crippen LogP contribution in [0.2, 0.25) is 0 Å². The molecule has 2 aliphatic carbocycles. The van der Waals surface area contributed by atoms with Crippen molar-refractivity contribution >= 4 is 70.9 Å². The number of likely N-dealkylation sites (tertiary alicyclic amines) is 1. The first-order valence-electron chi connectivity index (χ1n) is 36.3. The van der Waals surface area contributed by atoms with Crippen LogP contribution in [0.4, 0.5) is 17.6 Å². The molecule has 3 N–H and O–H groups in total. The fourth-order valence-corrected chi connectivity index (χ4v) is 15.5. The van der Waals surface area contributed by atoms with Gasteiger partial charge in [0.05, 0.1) is 18.5 Å². The SMILES string of the molecule is CC[C@H](C)[C@@H]1NC(=O)[C@H](CC(C)C)N(C)C(=O)C[C@@H](C(=O)N2CCCC2)N(C)C(=O)[C@H]([C@@H](C)CC)N(C)C(=O)C2(CCCC2)NC(=O)[C@@H]2CCCN2C(=O)[C@H](CCc2ccc(C(F)(F)F)c(F)c2)NC(=O)CN(C)C(=O)[C@H](CC2CCCCC2)N(C)C(=O)[C@@H]2CCN2C(=O)[C@H](C)N(C)C1=O. The van der Waals surface area contributed by atoms with E-state index in [0.717, 1.165) is 43.1 Å². The second-order valence-corrected chi connectivity index (χ2v) is 29.8. The zero-order valence-electron chi connectivity index (χ0n) is 61.1. The highest BCUT2D eigenvalue weighted by Gasteiger charge is 2.52. The summed E-state index contributed by atoms with van der Waals surface area (Å²) in [6.07, 6.45) is 2.50. The van der Waals surface area contributed by atoms with E-state index >= 15 is 28.4 Å². The van der Waals surface area contributed by atoms with Crippen LogP contribution in [-0.4, -0.2) is 250 Å². The van der Waals surface area contributed by atoms with E-state index in [1.54, 1.807) is 18.7 Å². The summed E-state index contributed by atoms with van der Waals surface area (Å²) < 4.78 is 56.2. The van der Waals surface area contributed by atoms with Gasteiger partial charge in [0.15, 0.2) is 0 Å². The Hall–Kier alpha value is -7.42. The first kappa shape index (κ1) is 79.9. The first-order valence-corrected chi connectivity index (χ1v) is 36.3. The number of hydrogen-bond donors (Lipinski definition) is 3. The van der Waals surface area contributed by atoms with E-state index in [4.69, 9.17) is 0 Å². The molecular weight excluding hydrogens is 1300 g/mol. The normalized spacial score (nSPS) is 28.0. The van der Waals surface area contributed by atoms with E-state index < -0.39 is 173 Å². The minimum Gasteiger partial charge on any atom is -0.343 e. The number of nitrogens with zero attached hydrogens (tertiary/aromatic N) is 9. The number of benzene rings is 1. The number of alkyl halides is 3. The molecule has 7 rings (SSSR count). The van der Waals surface area contributed by atoms with Gasteiger partial charge in [-0.3, -0.25) is 57.5 Å². The van der Waals surface area contributed by atoms with E-state index in [2.05, 4.69) is 16.0 Å². The minimum absolute atomic E-state index is 0.00474. The van der Waals surface area contributed by atoms with Gasteiger partial charge in [-0.1, -0.05) is 105 Å². The Morgan fingerprint density at radius 3 is 1.83 bits per heavy atom. The van der Waals surface area contributed by atoms with Gasteiger partial charge in [0.25, 0.3) is 0 Å². The summed E-state index contributed by atoms with van der Waals surface area (Å²) in [5, 5.41) is 8.66. The van der Waals surface area contributed by atoms with Gasteiger partial charge in [0.2, 0.25) is 70.9 Å². The molecule has 28 heteroatoms. The predicted octanol–water partition coefficient (Wildman–Crippen LogP) is 5.52. The number of carbonyl (C=O) groups excluding carboxylic acids is 12. The number of rotatable bonds is 12. The van der Waals surface area contributed by atoms with Gasteiger partial charge < -0.3 is 60.0 Å². The van der Waals surface area contributed by atoms with Crippen molar-refractivity contribution in [1.29, 1.82) is 0 Å². The lowest BCUT2D eigenvalue weighted by Crippen LogP contribution is -2.65. The maximum atomic E-state index is 15.5. The molecule has 0 bridgehead atoms. The number of fused-ring (bicyclic) bond motifs is 2. The Balaban J connectivity index is 1.29. The Labute approximate surface area is 587 Å². The summed E-state index contributed by atoms with van der Waals surface area (Å²) in [7, 11) is 8.54. The number of amides is 12. The van der Waals surface area contributed by atoms with Gasteiger partial charge in [0.1, 0.15) is 65.7 Å². The van der Waals surface area contributed by atoms with Crippen molar-refractivity contribution in [1.82, 2.24) is 60.0 Å². The Kier molecular flexibility index (Phi) is 27.6. The standard InChI is InChI=1S/C72H110F4N12O12/c1-14-44(5)59-68(98)81(9)46(7)63(93)88-37-31-53(88)66(96)83(11)55(40-47-24-17-16-18-25-47)65(95)80(8)42-57(89)77-51(30-28-48-27-29-49(50(73)39-48)72(74,75)76)64(94)87-36-23-26-52(87)62(92)79-71(32-19-20-33-71)70(100)85(13)60(45(6)15-2)69(99)84(12)56(67(97)86-34-21-22-35-86)41-58(90)82(10)54(38-43(3)4)61(91)78-59/h27,29,39,43-47,51-56,59-60H,14-26,28,30-38,40-42H2,1-13H3,(H,77,89)(H,78,91)(H,79,92)/t44-,45-,46-,51-,52-,53-,54-,55-,56-,59-,60-/m0/s1. The number of halogens is 4. The molecule has 24 nitrogen and oxygen atoms in total. The van der Waals surface area contributed by atoms with Crippen molar-refractivity contribution in [2.24, 2.45) is 23.7 Å². The van der Waals surface area contributed by atoms with Crippen molar-refractivity contribution in [2.45, 2.75) is 249 Å². The highest BCUT2D eigenvalue weighted by Crippen LogP contribution is 2.37. The second-order valence-electron chi connectivity index (χ2n) is 29.8. The molecule has 1 spiro atoms. The third-order valence-electron chi connectivity index (χ3n) is 22.5. The molecule has 0 unspecified atom stereocenters. The molecule has 11 atom stereocenters. The zero-order chi connectivity index (χ0) is 74.0. The summed E-state index contributed by atoms with van der Waals surface area (Å²) >= 11 is 0. The van der Waals surface area contributed by atoms with Crippen molar-refractivity contribution in [3.63, 3.8) is 0 Å². The molecule has 2 saturated carbocycles. The molecule has 100 heavy (non-hydrogen) atoms. The van der Waals surface area contributed by atoms with Crippen molar-refractivity contribution < 1.29 is 75.1 Å². The fraction of sp³-hybridized carbons (Fsp3) is 0.750. The molecule has 1 aromatic carbocycles. The molecule has 4 heterocycles. The quantitative estimate of drug-likeness (QED) is 0.219. The van der Waals surface area contributed by atoms with Crippen LogP contribution < -0.4 is 16.0 Å². The van der Waals surface area contributed by atoms with Gasteiger partial charge >= 0.3 is 6.18 Å². The monoisotopic (exact) mass is 1410 g/mol. The molecule has 6 fully saturated rings. The minimum atomic E-state index is -5.00. The van der Waals surface area contributed by atoms with E-state index in [1.807, 2.05) is 27.7 Å². The van der Waals surface area contributed by atoms with Crippen LogP contribution in [0, 0.1) is 29.5 Å². The lowest BCUT2D eigenvalue weighted by Gasteiger charge is -2.45. The summed E-state index contributed by atoms with van der Waals surface area (Å²) in [4.78, 5) is 191. The van der Waals surface area contributed by atoms with E-state index in [-0.39, 0.29) is 81.9 Å². The highest BCUT2D eigenvalue weighted by molar-refractivity contribution is 6.01. The van der Waals surface area contributed by atoms with Crippen LogP contribution in [0.1, 0.15) is 188 Å². The van der Waals surface area contributed by atoms with Gasteiger partial charge in [-0.05, 0) is 119 Å². The Morgan fingerprint density at radius 2 is 1.25 bits per heavy atom. The van der Waals surface area contributed by atoms with E-state index in [0.29, 0.717) is 70.2 Å². The average molecular weight is 1410 g/mol. The van der Waals surface area contributed by atoms with Gasteiger partial charge in [0, 0.05) is 68.5 Å². The smallest absolute Gasteiger partial charge is 0.343 e. The maximum Gasteiger partial charge on any atom is 0.419 e. The van der Waals surface area contributed by atoms with Crippen molar-refractivity contribution in [3.05, 3.63) is 35.1 Å². The molecule has 4 aliphatic heterocycles. The van der Waals surface area contributed by atoms with Crippen LogP contribution in [0.15, 0.2) is 18.2 Å². The molecule has 558 valence electrons. The lowest BCUT2D eigenvalue weighted by atomic mass is 9.84. The summed E-state index contributed by atoms with van der Waals surface area (Å²) in [6.45, 7) is 12.6. The number of aryl methyl sites for hydroxylation is 1. The van der Waals surface area contributed by atoms with Crippen molar-refractivity contribution in [3.8, 4) is 0 Å². The summed E-state index contributed by atoms with van der Waals surface area (Å²) in [5.74, 6) is -10.7. The molecule has 0 radical (unpaired) electrons. The van der Waals surface area contributed by atoms with Crippen LogP contribution in [0.3, 0.4) is 0 Å². The van der Waals surface area contributed by atoms with Gasteiger partial charge in [-0.15, -0.1) is 0 Å². The van der Waals surface area contributed by atoms with E-state index in [1.165, 1.54) is 83.5 Å². The average Bonchev–Trinajstić information content (AvgIpc) is 1.24. The zero-order valence-corrected chi connectivity index (χ0v) is 61.1. The van der Waals surface area contributed by atoms with Gasteiger partial charge in [-0.25, -0.2) is 4.39 Å². The van der Waals surface area contributed by atoms with Crippen molar-refractivity contribution in [2.75, 3.05) is 75.0 Å². The Bertz CT molecular complexity index is 3150. The number of likely N-dealkylation sites (N-methyl/N-ethyl adjacent to an activating group) is 6. The Morgan fingerprint density at radius 1 is 0.620 bits per heavy atom. The topological polar surface area (TPSA) is 270 Å². The number of carbonyl (C=O) groups is 12. The predicted molar refractivity (Wildman–Crippen MR) is 364 cm³/mol. The van der Waals surface area contributed by atoms with E-state index in [9.17, 15) is 46.7 Å². The summed E-state index contributed by atoms with van der Waals surface area (Å²) in [6, 6.07) is -8.85. The third kappa shape index (κ3) is 18.4. The van der Waals surface area contributed by atoms with Gasteiger partial charge in [-0.2, -0.15) is 13.2 Å². The number of hydrogen-bond acceptors (Lipinski definition) is 12. The maximum absolute atomic E-state index is 15.5.